The van der Waals surface area contributed by atoms with Crippen molar-refractivity contribution in [3.05, 3.63) is 46.8 Å². The fourth-order valence-electron chi connectivity index (χ4n) is 2.86. The Morgan fingerprint density at radius 2 is 1.95 bits per heavy atom. The third-order valence-electron chi connectivity index (χ3n) is 3.87. The molecule has 2 aromatic rings. The van der Waals surface area contributed by atoms with E-state index >= 15 is 0 Å². The Morgan fingerprint density at radius 3 is 2.45 bits per heavy atom. The van der Waals surface area contributed by atoms with Crippen LogP contribution in [0.15, 0.2) is 24.3 Å². The van der Waals surface area contributed by atoms with Crippen molar-refractivity contribution < 1.29 is 4.79 Å². The van der Waals surface area contributed by atoms with Crippen molar-refractivity contribution in [2.45, 2.75) is 25.8 Å². The number of nitrogens with zero attached hydrogens (tertiary/aromatic N) is 2. The van der Waals surface area contributed by atoms with Crippen LogP contribution in [0.4, 0.5) is 5.69 Å². The van der Waals surface area contributed by atoms with Gasteiger partial charge >= 0.3 is 0 Å². The molecule has 3 N–H and O–H groups in total. The van der Waals surface area contributed by atoms with Crippen LogP contribution in [-0.2, 0) is 19.9 Å². The Bertz CT molecular complexity index is 650. The molecule has 0 saturated heterocycles. The molecular formula is C15H18N4O. The van der Waals surface area contributed by atoms with Crippen LogP contribution in [0.2, 0.25) is 0 Å². The molecule has 5 nitrogen and oxygen atoms in total. The van der Waals surface area contributed by atoms with Crippen molar-refractivity contribution in [2.24, 2.45) is 7.05 Å². The van der Waals surface area contributed by atoms with Gasteiger partial charge in [-0.05, 0) is 30.9 Å². The summed E-state index contributed by atoms with van der Waals surface area (Å²) in [4.78, 5) is 12.4. The molecule has 1 heterocycles. The van der Waals surface area contributed by atoms with Gasteiger partial charge in [-0.2, -0.15) is 5.10 Å². The van der Waals surface area contributed by atoms with Crippen molar-refractivity contribution in [2.75, 3.05) is 5.73 Å². The van der Waals surface area contributed by atoms with Gasteiger partial charge in [0.25, 0.3) is 5.91 Å². The highest BCUT2D eigenvalue weighted by Gasteiger charge is 2.25. The number of amides is 1. The van der Waals surface area contributed by atoms with E-state index in [2.05, 4.69) is 22.5 Å². The highest BCUT2D eigenvalue weighted by Crippen LogP contribution is 2.22. The Labute approximate surface area is 117 Å². The predicted molar refractivity (Wildman–Crippen MR) is 77.5 cm³/mol. The van der Waals surface area contributed by atoms with E-state index in [0.29, 0.717) is 17.1 Å². The highest BCUT2D eigenvalue weighted by molar-refractivity contribution is 5.98. The second-order valence-corrected chi connectivity index (χ2v) is 5.32. The molecule has 104 valence electrons. The van der Waals surface area contributed by atoms with Gasteiger partial charge in [0.1, 0.15) is 5.69 Å². The minimum atomic E-state index is -0.150. The zero-order valence-corrected chi connectivity index (χ0v) is 11.7. The number of carbonyl (C=O) groups is 1. The summed E-state index contributed by atoms with van der Waals surface area (Å²) in [6.07, 6.45) is 1.75. The average Bonchev–Trinajstić information content (AvgIpc) is 2.90. The summed E-state index contributed by atoms with van der Waals surface area (Å²) >= 11 is 0. The number of nitrogens with one attached hydrogen (secondary N) is 1. The maximum Gasteiger partial charge on any atom is 0.271 e. The van der Waals surface area contributed by atoms with Gasteiger partial charge in [-0.1, -0.05) is 24.3 Å². The number of hydrogen-bond donors (Lipinski definition) is 2. The highest BCUT2D eigenvalue weighted by atomic mass is 16.2. The summed E-state index contributed by atoms with van der Waals surface area (Å²) in [6.45, 7) is 1.80. The smallest absolute Gasteiger partial charge is 0.271 e. The number of anilines is 1. The van der Waals surface area contributed by atoms with E-state index in [1.165, 1.54) is 11.1 Å². The summed E-state index contributed by atoms with van der Waals surface area (Å²) in [6, 6.07) is 8.43. The lowest BCUT2D eigenvalue weighted by Gasteiger charge is -2.12. The minimum Gasteiger partial charge on any atom is -0.395 e. The fourth-order valence-corrected chi connectivity index (χ4v) is 2.86. The third kappa shape index (κ3) is 2.05. The van der Waals surface area contributed by atoms with Gasteiger partial charge in [-0.25, -0.2) is 0 Å². The van der Waals surface area contributed by atoms with Gasteiger partial charge < -0.3 is 11.1 Å². The van der Waals surface area contributed by atoms with Crippen molar-refractivity contribution in [3.8, 4) is 0 Å². The zero-order valence-electron chi connectivity index (χ0n) is 11.7. The van der Waals surface area contributed by atoms with Crippen LogP contribution >= 0.6 is 0 Å². The number of carbonyl (C=O) groups excluding carboxylic acids is 1. The first kappa shape index (κ1) is 12.7. The normalized spacial score (nSPS) is 14.3. The van der Waals surface area contributed by atoms with E-state index in [0.717, 1.165) is 12.8 Å². The Balaban J connectivity index is 1.75. The Kier molecular flexibility index (Phi) is 2.97. The first-order chi connectivity index (χ1) is 9.56. The molecule has 0 saturated carbocycles. The summed E-state index contributed by atoms with van der Waals surface area (Å²) in [7, 11) is 1.74. The Morgan fingerprint density at radius 1 is 1.35 bits per heavy atom. The first-order valence-electron chi connectivity index (χ1n) is 6.73. The fraction of sp³-hybridized carbons (Fsp3) is 0.333. The molecule has 1 aromatic heterocycles. The van der Waals surface area contributed by atoms with Gasteiger partial charge in [0.2, 0.25) is 0 Å². The van der Waals surface area contributed by atoms with E-state index in [1.807, 2.05) is 12.1 Å². The molecule has 5 heteroatoms. The quantitative estimate of drug-likeness (QED) is 0.861. The number of aromatic nitrogens is 2. The molecule has 0 bridgehead atoms. The summed E-state index contributed by atoms with van der Waals surface area (Å²) in [5.74, 6) is -0.150. The molecule has 0 aliphatic heterocycles. The molecule has 1 aliphatic rings. The number of nitrogen functional groups attached to an aromatic ring is 1. The van der Waals surface area contributed by atoms with E-state index in [1.54, 1.807) is 18.7 Å². The van der Waals surface area contributed by atoms with Crippen LogP contribution in [-0.4, -0.2) is 21.7 Å². The summed E-state index contributed by atoms with van der Waals surface area (Å²) in [5, 5.41) is 7.23. The van der Waals surface area contributed by atoms with Crippen LogP contribution < -0.4 is 11.1 Å². The molecule has 0 atom stereocenters. The molecule has 0 unspecified atom stereocenters. The van der Waals surface area contributed by atoms with E-state index < -0.39 is 0 Å². The molecule has 0 radical (unpaired) electrons. The number of fused-ring (bicyclic) bond motifs is 1. The lowest BCUT2D eigenvalue weighted by molar-refractivity contribution is 0.0930. The molecule has 0 fully saturated rings. The number of rotatable bonds is 2. The number of benzene rings is 1. The monoisotopic (exact) mass is 270 g/mol. The van der Waals surface area contributed by atoms with E-state index in [4.69, 9.17) is 5.73 Å². The van der Waals surface area contributed by atoms with Crippen molar-refractivity contribution in [1.29, 1.82) is 0 Å². The van der Waals surface area contributed by atoms with Crippen LogP contribution in [0.1, 0.15) is 27.3 Å². The SMILES string of the molecule is Cc1nn(C)c(C(=O)NC2Cc3ccccc3C2)c1N. The largest absolute Gasteiger partial charge is 0.395 e. The molecule has 3 rings (SSSR count). The molecular weight excluding hydrogens is 252 g/mol. The number of nitrogens with two attached hydrogens (primary N) is 1. The first-order valence-corrected chi connectivity index (χ1v) is 6.73. The second kappa shape index (κ2) is 4.67. The van der Waals surface area contributed by atoms with Gasteiger partial charge in [0.05, 0.1) is 11.4 Å². The third-order valence-corrected chi connectivity index (χ3v) is 3.87. The van der Waals surface area contributed by atoms with Crippen molar-refractivity contribution >= 4 is 11.6 Å². The molecule has 20 heavy (non-hydrogen) atoms. The molecule has 1 aliphatic carbocycles. The van der Waals surface area contributed by atoms with Gasteiger partial charge in [0, 0.05) is 13.1 Å². The number of hydrogen-bond acceptors (Lipinski definition) is 3. The van der Waals surface area contributed by atoms with Crippen molar-refractivity contribution in [1.82, 2.24) is 15.1 Å². The predicted octanol–water partition coefficient (Wildman–Crippen LogP) is 1.21. The summed E-state index contributed by atoms with van der Waals surface area (Å²) < 4.78 is 1.54. The lowest BCUT2D eigenvalue weighted by atomic mass is 10.1. The standard InChI is InChI=1S/C15H18N4O/c1-9-13(16)14(19(2)18-9)15(20)17-12-7-10-5-3-4-6-11(10)8-12/h3-6,12H,7-8,16H2,1-2H3,(H,17,20). The maximum absolute atomic E-state index is 12.4. The average molecular weight is 270 g/mol. The van der Waals surface area contributed by atoms with Crippen LogP contribution in [0.25, 0.3) is 0 Å². The number of aryl methyl sites for hydroxylation is 2. The lowest BCUT2D eigenvalue weighted by Crippen LogP contribution is -2.36. The van der Waals surface area contributed by atoms with Gasteiger partial charge in [0.15, 0.2) is 0 Å². The minimum absolute atomic E-state index is 0.134. The van der Waals surface area contributed by atoms with Crippen LogP contribution in [0.5, 0.6) is 0 Å². The van der Waals surface area contributed by atoms with Crippen LogP contribution in [0, 0.1) is 6.92 Å². The van der Waals surface area contributed by atoms with Gasteiger partial charge in [-0.3, -0.25) is 9.48 Å². The van der Waals surface area contributed by atoms with Crippen molar-refractivity contribution in [3.63, 3.8) is 0 Å². The van der Waals surface area contributed by atoms with E-state index in [-0.39, 0.29) is 11.9 Å². The summed E-state index contributed by atoms with van der Waals surface area (Å²) in [5.41, 5.74) is 10.1. The zero-order chi connectivity index (χ0) is 14.3. The van der Waals surface area contributed by atoms with Gasteiger partial charge in [-0.15, -0.1) is 0 Å². The topological polar surface area (TPSA) is 72.9 Å². The maximum atomic E-state index is 12.4. The van der Waals surface area contributed by atoms with Crippen LogP contribution in [0.3, 0.4) is 0 Å². The Hall–Kier alpha value is -2.30. The molecule has 1 amide bonds. The van der Waals surface area contributed by atoms with E-state index in [9.17, 15) is 4.79 Å². The molecule has 0 spiro atoms. The molecule has 1 aromatic carbocycles. The second-order valence-electron chi connectivity index (χ2n) is 5.32.